The summed E-state index contributed by atoms with van der Waals surface area (Å²) in [5.74, 6) is 0.313. The van der Waals surface area contributed by atoms with Gasteiger partial charge < -0.3 is 14.8 Å². The van der Waals surface area contributed by atoms with Crippen LogP contribution in [0.1, 0.15) is 18.1 Å². The molecule has 0 aliphatic carbocycles. The van der Waals surface area contributed by atoms with E-state index in [2.05, 4.69) is 5.32 Å². The molecule has 0 bridgehead atoms. The molecule has 2 aromatic rings. The Morgan fingerprint density at radius 3 is 2.32 bits per heavy atom. The van der Waals surface area contributed by atoms with Gasteiger partial charge >= 0.3 is 0 Å². The lowest BCUT2D eigenvalue weighted by Gasteiger charge is -2.29. The quantitative estimate of drug-likeness (QED) is 0.764. The SMILES string of the molecule is COc1ccc(OC)c(N([C@H](C)C(=O)Nc2cc(C)ccc2C)S(C)(=O)=O)c1. The average Bonchev–Trinajstić information content (AvgIpc) is 2.63. The molecule has 1 N–H and O–H groups in total. The first-order chi connectivity index (χ1) is 13.1. The van der Waals surface area contributed by atoms with Gasteiger partial charge in [-0.3, -0.25) is 9.10 Å². The van der Waals surface area contributed by atoms with Crippen LogP contribution in [0.2, 0.25) is 0 Å². The molecule has 0 fully saturated rings. The second-order valence-corrected chi connectivity index (χ2v) is 8.44. The van der Waals surface area contributed by atoms with Gasteiger partial charge in [0.1, 0.15) is 17.5 Å². The molecule has 0 aliphatic heterocycles. The Morgan fingerprint density at radius 1 is 1.07 bits per heavy atom. The summed E-state index contributed by atoms with van der Waals surface area (Å²) in [5, 5.41) is 2.82. The second-order valence-electron chi connectivity index (χ2n) is 6.58. The van der Waals surface area contributed by atoms with Gasteiger partial charge in [-0.25, -0.2) is 8.42 Å². The van der Waals surface area contributed by atoms with Crippen LogP contribution >= 0.6 is 0 Å². The van der Waals surface area contributed by atoms with Gasteiger partial charge in [0, 0.05) is 11.8 Å². The third-order valence-corrected chi connectivity index (χ3v) is 5.59. The number of ether oxygens (including phenoxy) is 2. The van der Waals surface area contributed by atoms with Gasteiger partial charge in [0.2, 0.25) is 15.9 Å². The maximum Gasteiger partial charge on any atom is 0.248 e. The average molecular weight is 407 g/mol. The predicted octanol–water partition coefficient (Wildman–Crippen LogP) is 3.11. The highest BCUT2D eigenvalue weighted by Gasteiger charge is 2.32. The third kappa shape index (κ3) is 4.75. The van der Waals surface area contributed by atoms with Crippen molar-refractivity contribution >= 4 is 27.3 Å². The largest absolute Gasteiger partial charge is 0.497 e. The van der Waals surface area contributed by atoms with Gasteiger partial charge in [-0.15, -0.1) is 0 Å². The van der Waals surface area contributed by atoms with E-state index in [0.717, 1.165) is 21.7 Å². The maximum atomic E-state index is 12.9. The molecular weight excluding hydrogens is 380 g/mol. The van der Waals surface area contributed by atoms with Crippen molar-refractivity contribution in [3.05, 3.63) is 47.5 Å². The normalized spacial score (nSPS) is 12.2. The number of sulfonamides is 1. The van der Waals surface area contributed by atoms with Crippen LogP contribution in [0.15, 0.2) is 36.4 Å². The number of hydrogen-bond acceptors (Lipinski definition) is 5. The van der Waals surface area contributed by atoms with Crippen LogP contribution in [0.4, 0.5) is 11.4 Å². The van der Waals surface area contributed by atoms with E-state index in [1.165, 1.54) is 27.2 Å². The van der Waals surface area contributed by atoms with E-state index < -0.39 is 22.0 Å². The zero-order valence-corrected chi connectivity index (χ0v) is 17.8. The van der Waals surface area contributed by atoms with Crippen molar-refractivity contribution in [1.82, 2.24) is 0 Å². The fourth-order valence-electron chi connectivity index (χ4n) is 2.86. The topological polar surface area (TPSA) is 84.9 Å². The van der Waals surface area contributed by atoms with Crippen LogP contribution in [-0.4, -0.2) is 40.8 Å². The molecule has 152 valence electrons. The number of benzene rings is 2. The number of carbonyl (C=O) groups is 1. The molecule has 0 aliphatic rings. The van der Waals surface area contributed by atoms with Crippen molar-refractivity contribution in [2.75, 3.05) is 30.1 Å². The van der Waals surface area contributed by atoms with Gasteiger partial charge in [-0.1, -0.05) is 12.1 Å². The number of methoxy groups -OCH3 is 2. The molecule has 8 heteroatoms. The Balaban J connectivity index is 2.46. The highest BCUT2D eigenvalue weighted by molar-refractivity contribution is 7.92. The van der Waals surface area contributed by atoms with Crippen molar-refractivity contribution in [2.24, 2.45) is 0 Å². The zero-order valence-electron chi connectivity index (χ0n) is 16.9. The zero-order chi connectivity index (χ0) is 21.1. The number of aryl methyl sites for hydroxylation is 2. The minimum Gasteiger partial charge on any atom is -0.497 e. The highest BCUT2D eigenvalue weighted by atomic mass is 32.2. The first-order valence-corrected chi connectivity index (χ1v) is 10.5. The second kappa shape index (κ2) is 8.52. The molecule has 0 unspecified atom stereocenters. The number of amides is 1. The fourth-order valence-corrected chi connectivity index (χ4v) is 4.03. The fraction of sp³-hybridized carbons (Fsp3) is 0.350. The molecule has 2 aromatic carbocycles. The lowest BCUT2D eigenvalue weighted by molar-refractivity contribution is -0.116. The molecule has 28 heavy (non-hydrogen) atoms. The van der Waals surface area contributed by atoms with Crippen LogP contribution in [0.5, 0.6) is 11.5 Å². The summed E-state index contributed by atoms with van der Waals surface area (Å²) >= 11 is 0. The Hall–Kier alpha value is -2.74. The Kier molecular flexibility index (Phi) is 6.56. The van der Waals surface area contributed by atoms with Crippen molar-refractivity contribution in [1.29, 1.82) is 0 Å². The molecule has 0 heterocycles. The molecule has 1 amide bonds. The lowest BCUT2D eigenvalue weighted by Crippen LogP contribution is -2.45. The number of nitrogens with zero attached hydrogens (tertiary/aromatic N) is 1. The van der Waals surface area contributed by atoms with E-state index in [9.17, 15) is 13.2 Å². The number of carbonyl (C=O) groups excluding carboxylic acids is 1. The number of hydrogen-bond donors (Lipinski definition) is 1. The summed E-state index contributed by atoms with van der Waals surface area (Å²) in [5.41, 5.74) is 2.75. The molecule has 2 rings (SSSR count). The molecule has 0 radical (unpaired) electrons. The smallest absolute Gasteiger partial charge is 0.248 e. The molecule has 7 nitrogen and oxygen atoms in total. The van der Waals surface area contributed by atoms with Crippen LogP contribution in [0.25, 0.3) is 0 Å². The van der Waals surface area contributed by atoms with Gasteiger partial charge in [-0.2, -0.15) is 0 Å². The highest BCUT2D eigenvalue weighted by Crippen LogP contribution is 2.35. The van der Waals surface area contributed by atoms with Gasteiger partial charge in [0.05, 0.1) is 26.2 Å². The summed E-state index contributed by atoms with van der Waals surface area (Å²) in [7, 11) is -0.877. The van der Waals surface area contributed by atoms with E-state index in [1.807, 2.05) is 32.0 Å². The van der Waals surface area contributed by atoms with Crippen molar-refractivity contribution in [3.63, 3.8) is 0 Å². The lowest BCUT2D eigenvalue weighted by atomic mass is 10.1. The van der Waals surface area contributed by atoms with Crippen molar-refractivity contribution in [2.45, 2.75) is 26.8 Å². The predicted molar refractivity (Wildman–Crippen MR) is 111 cm³/mol. The summed E-state index contributed by atoms with van der Waals surface area (Å²) in [6.07, 6.45) is 1.05. The molecule has 0 aromatic heterocycles. The summed E-state index contributed by atoms with van der Waals surface area (Å²) in [6, 6.07) is 9.45. The number of rotatable bonds is 7. The number of nitrogens with one attached hydrogen (secondary N) is 1. The van der Waals surface area contributed by atoms with E-state index in [4.69, 9.17) is 9.47 Å². The minimum absolute atomic E-state index is 0.230. The van der Waals surface area contributed by atoms with Crippen LogP contribution < -0.4 is 19.1 Å². The van der Waals surface area contributed by atoms with E-state index in [0.29, 0.717) is 17.2 Å². The van der Waals surface area contributed by atoms with Crippen LogP contribution in [-0.2, 0) is 14.8 Å². The molecule has 0 saturated carbocycles. The van der Waals surface area contributed by atoms with E-state index in [-0.39, 0.29) is 5.69 Å². The monoisotopic (exact) mass is 406 g/mol. The van der Waals surface area contributed by atoms with Crippen LogP contribution in [0.3, 0.4) is 0 Å². The molecular formula is C20H26N2O5S. The Bertz CT molecular complexity index is 973. The van der Waals surface area contributed by atoms with Crippen molar-refractivity contribution < 1.29 is 22.7 Å². The van der Waals surface area contributed by atoms with Gasteiger partial charge in [0.25, 0.3) is 0 Å². The van der Waals surface area contributed by atoms with Crippen molar-refractivity contribution in [3.8, 4) is 11.5 Å². The van der Waals surface area contributed by atoms with Gasteiger partial charge in [-0.05, 0) is 50.1 Å². The Labute approximate surface area is 166 Å². The van der Waals surface area contributed by atoms with E-state index in [1.54, 1.807) is 12.1 Å². The first-order valence-electron chi connectivity index (χ1n) is 8.68. The van der Waals surface area contributed by atoms with E-state index >= 15 is 0 Å². The standard InChI is InChI=1S/C20H26N2O5S/c1-13-7-8-14(2)17(11-13)21-20(23)15(3)22(28(6,24)25)18-12-16(26-4)9-10-19(18)27-5/h7-12,15H,1-6H3,(H,21,23)/t15-/m1/s1. The van der Waals surface area contributed by atoms with Crippen LogP contribution in [0, 0.1) is 13.8 Å². The molecule has 0 spiro atoms. The summed E-state index contributed by atoms with van der Waals surface area (Å²) < 4.78 is 36.7. The Morgan fingerprint density at radius 2 is 1.75 bits per heavy atom. The maximum absolute atomic E-state index is 12.9. The first kappa shape index (κ1) is 21.6. The summed E-state index contributed by atoms with van der Waals surface area (Å²) in [6.45, 7) is 5.32. The molecule has 0 saturated heterocycles. The molecule has 1 atom stereocenters. The number of anilines is 2. The third-order valence-electron chi connectivity index (χ3n) is 4.36. The van der Waals surface area contributed by atoms with Gasteiger partial charge in [0.15, 0.2) is 0 Å². The minimum atomic E-state index is -3.79. The summed E-state index contributed by atoms with van der Waals surface area (Å²) in [4.78, 5) is 12.9.